The summed E-state index contributed by atoms with van der Waals surface area (Å²) in [7, 11) is 1.62. The number of nitrogen functional groups attached to an aromatic ring is 1. The first-order chi connectivity index (χ1) is 7.81. The van der Waals surface area contributed by atoms with Crippen LogP contribution in [0, 0.1) is 0 Å². The van der Waals surface area contributed by atoms with Crippen molar-refractivity contribution in [3.63, 3.8) is 0 Å². The SMILES string of the molecule is COc1nc(C2CCCCCC2)ccc1N. The Kier molecular flexibility index (Phi) is 3.65. The Hall–Kier alpha value is -1.25. The Morgan fingerprint density at radius 1 is 1.19 bits per heavy atom. The molecule has 88 valence electrons. The molecule has 0 atom stereocenters. The molecule has 2 rings (SSSR count). The third kappa shape index (κ3) is 2.46. The molecule has 1 aliphatic rings. The van der Waals surface area contributed by atoms with Gasteiger partial charge in [0.2, 0.25) is 5.88 Å². The highest BCUT2D eigenvalue weighted by atomic mass is 16.5. The van der Waals surface area contributed by atoms with Crippen molar-refractivity contribution in [2.75, 3.05) is 12.8 Å². The largest absolute Gasteiger partial charge is 0.480 e. The molecule has 16 heavy (non-hydrogen) atoms. The van der Waals surface area contributed by atoms with Gasteiger partial charge in [-0.05, 0) is 25.0 Å². The third-order valence-electron chi connectivity index (χ3n) is 3.38. The summed E-state index contributed by atoms with van der Waals surface area (Å²) in [6, 6.07) is 3.96. The summed E-state index contributed by atoms with van der Waals surface area (Å²) in [6.45, 7) is 0. The molecule has 1 heterocycles. The van der Waals surface area contributed by atoms with Crippen molar-refractivity contribution in [3.8, 4) is 5.88 Å². The van der Waals surface area contributed by atoms with Gasteiger partial charge in [-0.15, -0.1) is 0 Å². The van der Waals surface area contributed by atoms with E-state index in [0.717, 1.165) is 5.69 Å². The smallest absolute Gasteiger partial charge is 0.237 e. The van der Waals surface area contributed by atoms with Crippen LogP contribution in [0.15, 0.2) is 12.1 Å². The molecule has 1 aliphatic carbocycles. The molecule has 1 aromatic rings. The van der Waals surface area contributed by atoms with Crippen LogP contribution in [0.25, 0.3) is 0 Å². The lowest BCUT2D eigenvalue weighted by Crippen LogP contribution is -2.03. The highest BCUT2D eigenvalue weighted by Gasteiger charge is 2.16. The van der Waals surface area contributed by atoms with Crippen molar-refractivity contribution in [1.82, 2.24) is 4.98 Å². The molecule has 1 fully saturated rings. The summed E-state index contributed by atoms with van der Waals surface area (Å²) >= 11 is 0. The Balaban J connectivity index is 2.18. The van der Waals surface area contributed by atoms with Gasteiger partial charge in [-0.25, -0.2) is 4.98 Å². The molecule has 0 spiro atoms. The van der Waals surface area contributed by atoms with Crippen molar-refractivity contribution in [1.29, 1.82) is 0 Å². The standard InChI is InChI=1S/C13H20N2O/c1-16-13-11(14)8-9-12(15-13)10-6-4-2-3-5-7-10/h8-10H,2-7,14H2,1H3. The molecular formula is C13H20N2O. The van der Waals surface area contributed by atoms with Crippen LogP contribution in [-0.4, -0.2) is 12.1 Å². The van der Waals surface area contributed by atoms with Crippen molar-refractivity contribution >= 4 is 5.69 Å². The third-order valence-corrected chi connectivity index (χ3v) is 3.38. The Labute approximate surface area is 97.0 Å². The molecule has 0 unspecified atom stereocenters. The van der Waals surface area contributed by atoms with Gasteiger partial charge in [-0.2, -0.15) is 0 Å². The van der Waals surface area contributed by atoms with E-state index < -0.39 is 0 Å². The van der Waals surface area contributed by atoms with Crippen molar-refractivity contribution in [2.45, 2.75) is 44.4 Å². The second kappa shape index (κ2) is 5.19. The number of rotatable bonds is 2. The topological polar surface area (TPSA) is 48.1 Å². The number of pyridine rings is 1. The summed E-state index contributed by atoms with van der Waals surface area (Å²) in [6.07, 6.45) is 7.86. The average molecular weight is 220 g/mol. The Morgan fingerprint density at radius 2 is 1.88 bits per heavy atom. The molecule has 0 saturated heterocycles. The zero-order valence-corrected chi connectivity index (χ0v) is 9.91. The lowest BCUT2D eigenvalue weighted by Gasteiger charge is -2.14. The second-order valence-corrected chi connectivity index (χ2v) is 4.52. The molecule has 0 amide bonds. The molecule has 1 saturated carbocycles. The fourth-order valence-electron chi connectivity index (χ4n) is 2.43. The van der Waals surface area contributed by atoms with Gasteiger partial charge in [0.1, 0.15) is 0 Å². The molecule has 0 radical (unpaired) electrons. The van der Waals surface area contributed by atoms with Gasteiger partial charge >= 0.3 is 0 Å². The maximum atomic E-state index is 5.77. The van der Waals surface area contributed by atoms with E-state index in [2.05, 4.69) is 4.98 Å². The summed E-state index contributed by atoms with van der Waals surface area (Å²) in [5.41, 5.74) is 7.54. The lowest BCUT2D eigenvalue weighted by molar-refractivity contribution is 0.396. The Bertz CT molecular complexity index is 344. The molecule has 1 aromatic heterocycles. The van der Waals surface area contributed by atoms with Gasteiger partial charge in [0, 0.05) is 11.6 Å². The summed E-state index contributed by atoms with van der Waals surface area (Å²) in [4.78, 5) is 4.51. The minimum absolute atomic E-state index is 0.571. The highest BCUT2D eigenvalue weighted by molar-refractivity contribution is 5.48. The van der Waals surface area contributed by atoms with Gasteiger partial charge in [0.25, 0.3) is 0 Å². The van der Waals surface area contributed by atoms with E-state index in [1.165, 1.54) is 38.5 Å². The van der Waals surface area contributed by atoms with Crippen LogP contribution in [0.2, 0.25) is 0 Å². The van der Waals surface area contributed by atoms with Crippen LogP contribution < -0.4 is 10.5 Å². The van der Waals surface area contributed by atoms with Crippen molar-refractivity contribution < 1.29 is 4.74 Å². The highest BCUT2D eigenvalue weighted by Crippen LogP contribution is 2.32. The number of anilines is 1. The zero-order valence-electron chi connectivity index (χ0n) is 9.91. The number of nitrogens with two attached hydrogens (primary N) is 1. The van der Waals surface area contributed by atoms with E-state index in [1.54, 1.807) is 7.11 Å². The zero-order chi connectivity index (χ0) is 11.4. The fraction of sp³-hybridized carbons (Fsp3) is 0.615. The van der Waals surface area contributed by atoms with Crippen LogP contribution >= 0.6 is 0 Å². The van der Waals surface area contributed by atoms with Crippen LogP contribution in [0.3, 0.4) is 0 Å². The molecule has 3 nitrogen and oxygen atoms in total. The van der Waals surface area contributed by atoms with Gasteiger partial charge in [0.15, 0.2) is 0 Å². The normalized spacial score (nSPS) is 18.1. The van der Waals surface area contributed by atoms with E-state index in [0.29, 0.717) is 17.5 Å². The molecule has 0 bridgehead atoms. The first kappa shape index (κ1) is 11.2. The quantitative estimate of drug-likeness (QED) is 0.779. The number of hydrogen-bond acceptors (Lipinski definition) is 3. The average Bonchev–Trinajstić information content (AvgIpc) is 2.58. The first-order valence-corrected chi connectivity index (χ1v) is 6.11. The van der Waals surface area contributed by atoms with E-state index in [1.807, 2.05) is 12.1 Å². The number of aromatic nitrogens is 1. The van der Waals surface area contributed by atoms with Crippen molar-refractivity contribution in [2.24, 2.45) is 0 Å². The molecule has 2 N–H and O–H groups in total. The van der Waals surface area contributed by atoms with E-state index in [9.17, 15) is 0 Å². The van der Waals surface area contributed by atoms with Crippen LogP contribution in [-0.2, 0) is 0 Å². The number of nitrogens with zero attached hydrogens (tertiary/aromatic N) is 1. The van der Waals surface area contributed by atoms with E-state index in [4.69, 9.17) is 10.5 Å². The second-order valence-electron chi connectivity index (χ2n) is 4.52. The monoisotopic (exact) mass is 220 g/mol. The van der Waals surface area contributed by atoms with E-state index >= 15 is 0 Å². The summed E-state index contributed by atoms with van der Waals surface area (Å²) in [5, 5.41) is 0. The molecule has 0 aliphatic heterocycles. The van der Waals surface area contributed by atoms with Crippen LogP contribution in [0.4, 0.5) is 5.69 Å². The van der Waals surface area contributed by atoms with Gasteiger partial charge < -0.3 is 10.5 Å². The summed E-state index contributed by atoms with van der Waals surface area (Å²) in [5.74, 6) is 1.17. The van der Waals surface area contributed by atoms with E-state index in [-0.39, 0.29) is 0 Å². The molecular weight excluding hydrogens is 200 g/mol. The predicted octanol–water partition coefficient (Wildman–Crippen LogP) is 3.11. The Morgan fingerprint density at radius 3 is 2.50 bits per heavy atom. The molecule has 0 aromatic carbocycles. The molecule has 3 heteroatoms. The number of hydrogen-bond donors (Lipinski definition) is 1. The predicted molar refractivity (Wildman–Crippen MR) is 65.6 cm³/mol. The number of methoxy groups -OCH3 is 1. The minimum atomic E-state index is 0.571. The van der Waals surface area contributed by atoms with Crippen LogP contribution in [0.1, 0.15) is 50.1 Å². The van der Waals surface area contributed by atoms with Crippen LogP contribution in [0.5, 0.6) is 5.88 Å². The summed E-state index contributed by atoms with van der Waals surface area (Å²) < 4.78 is 5.17. The maximum Gasteiger partial charge on any atom is 0.237 e. The first-order valence-electron chi connectivity index (χ1n) is 6.11. The lowest BCUT2D eigenvalue weighted by atomic mass is 9.96. The fourth-order valence-corrected chi connectivity index (χ4v) is 2.43. The minimum Gasteiger partial charge on any atom is -0.480 e. The number of ether oxygens (including phenoxy) is 1. The maximum absolute atomic E-state index is 5.77. The van der Waals surface area contributed by atoms with Gasteiger partial charge in [-0.3, -0.25) is 0 Å². The van der Waals surface area contributed by atoms with Crippen molar-refractivity contribution in [3.05, 3.63) is 17.8 Å². The van der Waals surface area contributed by atoms with Gasteiger partial charge in [-0.1, -0.05) is 25.7 Å². The van der Waals surface area contributed by atoms with Gasteiger partial charge in [0.05, 0.1) is 12.8 Å².